The summed E-state index contributed by atoms with van der Waals surface area (Å²) in [5.41, 5.74) is -1.79. The second kappa shape index (κ2) is 7.00. The summed E-state index contributed by atoms with van der Waals surface area (Å²) in [5.74, 6) is 0.000640. The predicted molar refractivity (Wildman–Crippen MR) is 100 cm³/mol. The molecule has 1 N–H and O–H groups in total. The molecule has 1 aromatic carbocycles. The number of alkyl halides is 3. The van der Waals surface area contributed by atoms with Crippen LogP contribution in [0.3, 0.4) is 0 Å². The summed E-state index contributed by atoms with van der Waals surface area (Å²) in [6, 6.07) is 4.69. The Balaban J connectivity index is 1.42. The molecule has 8 heteroatoms. The topological polar surface area (TPSA) is 60.9 Å². The first-order valence-corrected chi connectivity index (χ1v) is 10.1. The number of amides is 2. The second-order valence-electron chi connectivity index (χ2n) is 8.67. The minimum absolute atomic E-state index is 0.0726. The van der Waals surface area contributed by atoms with Gasteiger partial charge in [-0.2, -0.15) is 13.2 Å². The average molecular weight is 410 g/mol. The number of carbonyl (C=O) groups excluding carboxylic acids is 2. The number of carbonyl (C=O) groups is 2. The van der Waals surface area contributed by atoms with Crippen molar-refractivity contribution in [1.29, 1.82) is 0 Å². The summed E-state index contributed by atoms with van der Waals surface area (Å²) >= 11 is 0. The minimum Gasteiger partial charge on any atom is -0.388 e. The SMILES string of the molecule is O=C1CCCN1C[C@]1(O)CC[C@]2(CCN(c3ccc(C(F)(F)F)cc3)C2=O)CC1. The minimum atomic E-state index is -4.40. The number of halogens is 3. The van der Waals surface area contributed by atoms with Crippen LogP contribution in [0.4, 0.5) is 18.9 Å². The van der Waals surface area contributed by atoms with Gasteiger partial charge >= 0.3 is 6.18 Å². The Morgan fingerprint density at radius 3 is 2.17 bits per heavy atom. The number of nitrogens with zero attached hydrogens (tertiary/aromatic N) is 2. The molecule has 0 radical (unpaired) electrons. The van der Waals surface area contributed by atoms with E-state index in [1.807, 2.05) is 0 Å². The van der Waals surface area contributed by atoms with Gasteiger partial charge in [-0.3, -0.25) is 9.59 Å². The number of benzene rings is 1. The zero-order chi connectivity index (χ0) is 20.9. The highest BCUT2D eigenvalue weighted by atomic mass is 19.4. The Labute approximate surface area is 167 Å². The fourth-order valence-corrected chi connectivity index (χ4v) is 4.94. The van der Waals surface area contributed by atoms with Crippen molar-refractivity contribution in [1.82, 2.24) is 4.90 Å². The van der Waals surface area contributed by atoms with E-state index in [0.29, 0.717) is 63.8 Å². The molecule has 2 amide bonds. The lowest BCUT2D eigenvalue weighted by atomic mass is 9.67. The molecule has 2 heterocycles. The van der Waals surface area contributed by atoms with Crippen LogP contribution in [-0.2, 0) is 15.8 Å². The Hall–Kier alpha value is -2.09. The first-order chi connectivity index (χ1) is 13.6. The summed E-state index contributed by atoms with van der Waals surface area (Å²) in [6.07, 6.45) is -0.472. The smallest absolute Gasteiger partial charge is 0.388 e. The highest BCUT2D eigenvalue weighted by Gasteiger charge is 2.52. The molecule has 3 aliphatic rings. The van der Waals surface area contributed by atoms with Gasteiger partial charge in [-0.15, -0.1) is 0 Å². The van der Waals surface area contributed by atoms with E-state index in [1.165, 1.54) is 12.1 Å². The lowest BCUT2D eigenvalue weighted by molar-refractivity contribution is -0.137. The number of β-amino-alcohol motifs (C(OH)–C–C–N with tert-alkyl or cyclic N) is 1. The lowest BCUT2D eigenvalue weighted by Crippen LogP contribution is -2.49. The zero-order valence-corrected chi connectivity index (χ0v) is 16.2. The molecule has 0 unspecified atom stereocenters. The number of rotatable bonds is 3. The summed E-state index contributed by atoms with van der Waals surface area (Å²) in [5, 5.41) is 10.9. The van der Waals surface area contributed by atoms with E-state index in [0.717, 1.165) is 18.6 Å². The molecular weight excluding hydrogens is 385 g/mol. The Morgan fingerprint density at radius 1 is 0.966 bits per heavy atom. The number of hydrogen-bond donors (Lipinski definition) is 1. The van der Waals surface area contributed by atoms with Gasteiger partial charge in [0, 0.05) is 31.7 Å². The van der Waals surface area contributed by atoms with Crippen LogP contribution in [0.25, 0.3) is 0 Å². The summed E-state index contributed by atoms with van der Waals surface area (Å²) in [7, 11) is 0. The standard InChI is InChI=1S/C21H25F3N2O3/c22-21(23,24)15-3-5-16(6-4-15)26-13-11-19(18(26)28)7-9-20(29,10-8-19)14-25-12-1-2-17(25)27/h3-6,29H,1-2,7-14H2/t19-,20+. The fraction of sp³-hybridized carbons (Fsp3) is 0.619. The molecule has 1 saturated carbocycles. The van der Waals surface area contributed by atoms with Crippen molar-refractivity contribution in [2.45, 2.75) is 56.7 Å². The van der Waals surface area contributed by atoms with Crippen LogP contribution in [0.2, 0.25) is 0 Å². The molecule has 5 nitrogen and oxygen atoms in total. The third kappa shape index (κ3) is 3.74. The first-order valence-electron chi connectivity index (χ1n) is 10.1. The number of anilines is 1. The average Bonchev–Trinajstić information content (AvgIpc) is 3.21. The predicted octanol–water partition coefficient (Wildman–Crippen LogP) is 3.36. The van der Waals surface area contributed by atoms with Crippen LogP contribution in [0.1, 0.15) is 50.5 Å². The van der Waals surface area contributed by atoms with Gasteiger partial charge in [0.15, 0.2) is 0 Å². The van der Waals surface area contributed by atoms with Gasteiger partial charge in [0.2, 0.25) is 11.8 Å². The summed E-state index contributed by atoms with van der Waals surface area (Å²) < 4.78 is 38.3. The monoisotopic (exact) mass is 410 g/mol. The Bertz CT molecular complexity index is 798. The molecular formula is C21H25F3N2O3. The summed E-state index contributed by atoms with van der Waals surface area (Å²) in [6.45, 7) is 1.46. The van der Waals surface area contributed by atoms with Gasteiger partial charge in [0.1, 0.15) is 0 Å². The maximum absolute atomic E-state index is 13.1. The highest BCUT2D eigenvalue weighted by molar-refractivity contribution is 6.00. The van der Waals surface area contributed by atoms with Gasteiger partial charge in [-0.1, -0.05) is 0 Å². The molecule has 2 saturated heterocycles. The third-order valence-corrected chi connectivity index (χ3v) is 6.81. The number of likely N-dealkylation sites (tertiary alicyclic amines) is 1. The third-order valence-electron chi connectivity index (χ3n) is 6.81. The largest absolute Gasteiger partial charge is 0.416 e. The van der Waals surface area contributed by atoms with Crippen molar-refractivity contribution in [2.24, 2.45) is 5.41 Å². The van der Waals surface area contributed by atoms with Crippen molar-refractivity contribution in [2.75, 3.05) is 24.5 Å². The van der Waals surface area contributed by atoms with Gasteiger partial charge in [-0.25, -0.2) is 0 Å². The maximum atomic E-state index is 13.1. The number of aliphatic hydroxyl groups is 1. The van der Waals surface area contributed by atoms with Crippen molar-refractivity contribution < 1.29 is 27.9 Å². The molecule has 4 rings (SSSR count). The van der Waals surface area contributed by atoms with Crippen molar-refractivity contribution >= 4 is 17.5 Å². The molecule has 2 aliphatic heterocycles. The van der Waals surface area contributed by atoms with Crippen LogP contribution in [0.5, 0.6) is 0 Å². The van der Waals surface area contributed by atoms with E-state index < -0.39 is 22.8 Å². The molecule has 1 spiro atoms. The van der Waals surface area contributed by atoms with E-state index in [4.69, 9.17) is 0 Å². The fourth-order valence-electron chi connectivity index (χ4n) is 4.94. The van der Waals surface area contributed by atoms with E-state index in [-0.39, 0.29) is 11.8 Å². The summed E-state index contributed by atoms with van der Waals surface area (Å²) in [4.78, 5) is 28.3. The molecule has 158 valence electrons. The first kappa shape index (κ1) is 20.2. The second-order valence-corrected chi connectivity index (χ2v) is 8.67. The zero-order valence-electron chi connectivity index (χ0n) is 16.2. The maximum Gasteiger partial charge on any atom is 0.416 e. The molecule has 1 aromatic rings. The van der Waals surface area contributed by atoms with Gasteiger partial charge < -0.3 is 14.9 Å². The van der Waals surface area contributed by atoms with Crippen LogP contribution < -0.4 is 4.90 Å². The molecule has 0 aromatic heterocycles. The Kier molecular flexibility index (Phi) is 4.88. The molecule has 0 atom stereocenters. The van der Waals surface area contributed by atoms with Crippen LogP contribution in [0, 0.1) is 5.41 Å². The van der Waals surface area contributed by atoms with Gasteiger partial charge in [-0.05, 0) is 62.8 Å². The number of hydrogen-bond acceptors (Lipinski definition) is 3. The van der Waals surface area contributed by atoms with E-state index >= 15 is 0 Å². The lowest BCUT2D eigenvalue weighted by Gasteiger charge is -2.42. The van der Waals surface area contributed by atoms with Crippen molar-refractivity contribution in [3.63, 3.8) is 0 Å². The van der Waals surface area contributed by atoms with Gasteiger partial charge in [0.25, 0.3) is 0 Å². The van der Waals surface area contributed by atoms with E-state index in [9.17, 15) is 27.9 Å². The van der Waals surface area contributed by atoms with Crippen LogP contribution in [-0.4, -0.2) is 47.1 Å². The normalized spacial score (nSPS) is 30.6. The molecule has 1 aliphatic carbocycles. The molecule has 29 heavy (non-hydrogen) atoms. The quantitative estimate of drug-likeness (QED) is 0.831. The van der Waals surface area contributed by atoms with E-state index in [2.05, 4.69) is 0 Å². The molecule has 3 fully saturated rings. The highest BCUT2D eigenvalue weighted by Crippen LogP contribution is 2.49. The van der Waals surface area contributed by atoms with Crippen LogP contribution >= 0.6 is 0 Å². The molecule has 0 bridgehead atoms. The van der Waals surface area contributed by atoms with Gasteiger partial charge in [0.05, 0.1) is 16.6 Å². The van der Waals surface area contributed by atoms with E-state index in [1.54, 1.807) is 9.80 Å². The van der Waals surface area contributed by atoms with Crippen molar-refractivity contribution in [3.05, 3.63) is 29.8 Å². The Morgan fingerprint density at radius 2 is 1.62 bits per heavy atom. The van der Waals surface area contributed by atoms with Crippen molar-refractivity contribution in [3.8, 4) is 0 Å². The van der Waals surface area contributed by atoms with Crippen LogP contribution in [0.15, 0.2) is 24.3 Å².